The van der Waals surface area contributed by atoms with Crippen LogP contribution in [0.2, 0.25) is 0 Å². The normalized spacial score (nSPS) is 11.4. The second-order valence-electron chi connectivity index (χ2n) is 4.74. The van der Waals surface area contributed by atoms with Gasteiger partial charge in [-0.05, 0) is 33.4 Å². The molecular weight excluding hydrogens is 196 g/mol. The highest BCUT2D eigenvalue weighted by Gasteiger charge is 2.01. The summed E-state index contributed by atoms with van der Waals surface area (Å²) in [7, 11) is 2.16. The summed E-state index contributed by atoms with van der Waals surface area (Å²) in [5.74, 6) is 0. The molecule has 0 saturated carbocycles. The van der Waals surface area contributed by atoms with E-state index in [1.54, 1.807) is 0 Å². The van der Waals surface area contributed by atoms with Crippen LogP contribution in [0, 0.1) is 6.92 Å². The maximum atomic E-state index is 3.47. The quantitative estimate of drug-likeness (QED) is 0.741. The number of nitrogens with zero attached hydrogens (tertiary/aromatic N) is 1. The van der Waals surface area contributed by atoms with Gasteiger partial charge in [0.05, 0.1) is 0 Å². The number of nitrogens with one attached hydrogen (secondary N) is 1. The standard InChI is InChI=1S/C14H24N2/c1-12(2)16(4)10-9-15-11-14-7-5-13(3)6-8-14/h5-8,12,15H,9-11H2,1-4H3. The number of aryl methyl sites for hydroxylation is 1. The summed E-state index contributed by atoms with van der Waals surface area (Å²) < 4.78 is 0. The Kier molecular flexibility index (Phi) is 5.50. The van der Waals surface area contributed by atoms with E-state index in [-0.39, 0.29) is 0 Å². The predicted octanol–water partition coefficient (Wildman–Crippen LogP) is 2.42. The molecule has 0 fully saturated rings. The van der Waals surface area contributed by atoms with E-state index in [9.17, 15) is 0 Å². The number of hydrogen-bond acceptors (Lipinski definition) is 2. The van der Waals surface area contributed by atoms with Crippen molar-refractivity contribution in [3.63, 3.8) is 0 Å². The molecule has 0 heterocycles. The van der Waals surface area contributed by atoms with E-state index in [2.05, 4.69) is 62.3 Å². The van der Waals surface area contributed by atoms with E-state index in [1.807, 2.05) is 0 Å². The molecular formula is C14H24N2. The third-order valence-corrected chi connectivity index (χ3v) is 2.97. The molecule has 1 aromatic carbocycles. The lowest BCUT2D eigenvalue weighted by molar-refractivity contribution is 0.273. The van der Waals surface area contributed by atoms with Crippen molar-refractivity contribution in [2.45, 2.75) is 33.4 Å². The molecule has 16 heavy (non-hydrogen) atoms. The molecule has 0 saturated heterocycles. The highest BCUT2D eigenvalue weighted by molar-refractivity contribution is 5.20. The Balaban J connectivity index is 2.18. The fourth-order valence-electron chi connectivity index (χ4n) is 1.45. The Morgan fingerprint density at radius 2 is 1.81 bits per heavy atom. The van der Waals surface area contributed by atoms with Crippen LogP contribution in [0.25, 0.3) is 0 Å². The van der Waals surface area contributed by atoms with Crippen LogP contribution in [-0.4, -0.2) is 31.1 Å². The van der Waals surface area contributed by atoms with Gasteiger partial charge in [-0.3, -0.25) is 0 Å². The molecule has 0 spiro atoms. The van der Waals surface area contributed by atoms with Gasteiger partial charge >= 0.3 is 0 Å². The van der Waals surface area contributed by atoms with Crippen LogP contribution in [-0.2, 0) is 6.54 Å². The van der Waals surface area contributed by atoms with E-state index in [4.69, 9.17) is 0 Å². The van der Waals surface area contributed by atoms with Crippen molar-refractivity contribution in [2.24, 2.45) is 0 Å². The van der Waals surface area contributed by atoms with Gasteiger partial charge in [-0.25, -0.2) is 0 Å². The zero-order valence-corrected chi connectivity index (χ0v) is 11.0. The molecule has 0 radical (unpaired) electrons. The molecule has 1 aromatic rings. The Morgan fingerprint density at radius 1 is 1.19 bits per heavy atom. The average Bonchev–Trinajstić information content (AvgIpc) is 2.26. The van der Waals surface area contributed by atoms with Crippen molar-refractivity contribution < 1.29 is 0 Å². The van der Waals surface area contributed by atoms with E-state index in [1.165, 1.54) is 11.1 Å². The number of benzene rings is 1. The minimum atomic E-state index is 0.626. The zero-order chi connectivity index (χ0) is 12.0. The van der Waals surface area contributed by atoms with Gasteiger partial charge < -0.3 is 10.2 Å². The molecule has 1 rings (SSSR count). The van der Waals surface area contributed by atoms with Crippen molar-refractivity contribution in [3.8, 4) is 0 Å². The molecule has 0 aliphatic rings. The molecule has 0 unspecified atom stereocenters. The predicted molar refractivity (Wildman–Crippen MR) is 70.7 cm³/mol. The molecule has 0 amide bonds. The van der Waals surface area contributed by atoms with E-state index in [0.29, 0.717) is 6.04 Å². The van der Waals surface area contributed by atoms with Crippen molar-refractivity contribution >= 4 is 0 Å². The van der Waals surface area contributed by atoms with Crippen LogP contribution in [0.15, 0.2) is 24.3 Å². The van der Waals surface area contributed by atoms with Crippen LogP contribution in [0.5, 0.6) is 0 Å². The molecule has 0 bridgehead atoms. The lowest BCUT2D eigenvalue weighted by Crippen LogP contribution is -2.33. The first kappa shape index (κ1) is 13.2. The first-order chi connectivity index (χ1) is 7.59. The van der Waals surface area contributed by atoms with Crippen molar-refractivity contribution in [3.05, 3.63) is 35.4 Å². The molecule has 2 heteroatoms. The smallest absolute Gasteiger partial charge is 0.0206 e. The molecule has 0 atom stereocenters. The lowest BCUT2D eigenvalue weighted by Gasteiger charge is -2.20. The zero-order valence-electron chi connectivity index (χ0n) is 11.0. The molecule has 0 aliphatic heterocycles. The highest BCUT2D eigenvalue weighted by atomic mass is 15.1. The number of likely N-dealkylation sites (N-methyl/N-ethyl adjacent to an activating group) is 1. The Hall–Kier alpha value is -0.860. The molecule has 90 valence electrons. The van der Waals surface area contributed by atoms with E-state index < -0.39 is 0 Å². The highest BCUT2D eigenvalue weighted by Crippen LogP contribution is 2.02. The van der Waals surface area contributed by atoms with Crippen LogP contribution in [0.1, 0.15) is 25.0 Å². The van der Waals surface area contributed by atoms with Gasteiger partial charge in [-0.15, -0.1) is 0 Å². The van der Waals surface area contributed by atoms with Gasteiger partial charge in [0.2, 0.25) is 0 Å². The third kappa shape index (κ3) is 4.77. The topological polar surface area (TPSA) is 15.3 Å². The maximum Gasteiger partial charge on any atom is 0.0206 e. The van der Waals surface area contributed by atoms with Gasteiger partial charge in [0.15, 0.2) is 0 Å². The van der Waals surface area contributed by atoms with Crippen molar-refractivity contribution in [1.29, 1.82) is 0 Å². The number of rotatable bonds is 6. The van der Waals surface area contributed by atoms with Crippen LogP contribution >= 0.6 is 0 Å². The summed E-state index contributed by atoms with van der Waals surface area (Å²) in [6.07, 6.45) is 0. The van der Waals surface area contributed by atoms with Gasteiger partial charge in [0, 0.05) is 25.7 Å². The first-order valence-electron chi connectivity index (χ1n) is 6.06. The van der Waals surface area contributed by atoms with Crippen LogP contribution in [0.3, 0.4) is 0 Å². The Morgan fingerprint density at radius 3 is 2.38 bits per heavy atom. The largest absolute Gasteiger partial charge is 0.311 e. The summed E-state index contributed by atoms with van der Waals surface area (Å²) >= 11 is 0. The van der Waals surface area contributed by atoms with Gasteiger partial charge in [-0.2, -0.15) is 0 Å². The van der Waals surface area contributed by atoms with Gasteiger partial charge in [0.1, 0.15) is 0 Å². The van der Waals surface area contributed by atoms with E-state index in [0.717, 1.165) is 19.6 Å². The fourth-order valence-corrected chi connectivity index (χ4v) is 1.45. The van der Waals surface area contributed by atoms with Crippen LogP contribution in [0.4, 0.5) is 0 Å². The monoisotopic (exact) mass is 220 g/mol. The van der Waals surface area contributed by atoms with Crippen molar-refractivity contribution in [2.75, 3.05) is 20.1 Å². The summed E-state index contributed by atoms with van der Waals surface area (Å²) in [6.45, 7) is 9.67. The SMILES string of the molecule is Cc1ccc(CNCCN(C)C(C)C)cc1. The molecule has 0 aromatic heterocycles. The van der Waals surface area contributed by atoms with Crippen LogP contribution < -0.4 is 5.32 Å². The fraction of sp³-hybridized carbons (Fsp3) is 0.571. The van der Waals surface area contributed by atoms with Gasteiger partial charge in [-0.1, -0.05) is 29.8 Å². The Labute approximate surface area is 99.7 Å². The molecule has 1 N–H and O–H groups in total. The minimum Gasteiger partial charge on any atom is -0.311 e. The van der Waals surface area contributed by atoms with E-state index >= 15 is 0 Å². The summed E-state index contributed by atoms with van der Waals surface area (Å²) in [4.78, 5) is 2.35. The molecule has 0 aliphatic carbocycles. The second-order valence-corrected chi connectivity index (χ2v) is 4.74. The third-order valence-electron chi connectivity index (χ3n) is 2.97. The summed E-state index contributed by atoms with van der Waals surface area (Å²) in [5.41, 5.74) is 2.68. The Bertz CT molecular complexity index is 290. The summed E-state index contributed by atoms with van der Waals surface area (Å²) in [5, 5.41) is 3.47. The maximum absolute atomic E-state index is 3.47. The lowest BCUT2D eigenvalue weighted by atomic mass is 10.1. The minimum absolute atomic E-state index is 0.626. The number of hydrogen-bond donors (Lipinski definition) is 1. The van der Waals surface area contributed by atoms with Crippen molar-refractivity contribution in [1.82, 2.24) is 10.2 Å². The second kappa shape index (κ2) is 6.66. The van der Waals surface area contributed by atoms with Gasteiger partial charge in [0.25, 0.3) is 0 Å². The molecule has 2 nitrogen and oxygen atoms in total. The first-order valence-corrected chi connectivity index (χ1v) is 6.06. The summed E-state index contributed by atoms with van der Waals surface area (Å²) in [6, 6.07) is 9.33. The average molecular weight is 220 g/mol.